The normalized spacial score (nSPS) is 11.8. The summed E-state index contributed by atoms with van der Waals surface area (Å²) in [4.78, 5) is 0.0503. The van der Waals surface area contributed by atoms with E-state index >= 15 is 0 Å². The lowest BCUT2D eigenvalue weighted by atomic mass is 10.2. The summed E-state index contributed by atoms with van der Waals surface area (Å²) < 4.78 is 44.9. The third kappa shape index (κ3) is 3.24. The summed E-state index contributed by atoms with van der Waals surface area (Å²) in [5.41, 5.74) is 5.94. The number of nitrogens with two attached hydrogens (primary N) is 1. The zero-order valence-electron chi connectivity index (χ0n) is 10.9. The van der Waals surface area contributed by atoms with Gasteiger partial charge in [-0.3, -0.25) is 0 Å². The Hall–Kier alpha value is -1.70. The van der Waals surface area contributed by atoms with Crippen LogP contribution in [0.1, 0.15) is 17.1 Å². The predicted molar refractivity (Wildman–Crippen MR) is 71.8 cm³/mol. The monoisotopic (exact) mass is 298 g/mol. The van der Waals surface area contributed by atoms with E-state index in [-0.39, 0.29) is 23.7 Å². The molecule has 0 aliphatic rings. The smallest absolute Gasteiger partial charge is 0.244 e. The van der Waals surface area contributed by atoms with Gasteiger partial charge < -0.3 is 10.2 Å². The number of hydrogen-bond donors (Lipinski definition) is 2. The van der Waals surface area contributed by atoms with Crippen molar-refractivity contribution in [3.8, 4) is 0 Å². The molecule has 2 rings (SSSR count). The van der Waals surface area contributed by atoms with Crippen molar-refractivity contribution in [2.75, 3.05) is 0 Å². The summed E-state index contributed by atoms with van der Waals surface area (Å²) in [6.07, 6.45) is 0. The molecule has 3 N–H and O–H groups in total. The van der Waals surface area contributed by atoms with Crippen molar-refractivity contribution in [2.24, 2.45) is 5.73 Å². The Morgan fingerprint density at radius 1 is 1.35 bits per heavy atom. The molecule has 0 aliphatic heterocycles. The summed E-state index contributed by atoms with van der Waals surface area (Å²) >= 11 is 0. The zero-order chi connectivity index (χ0) is 14.8. The van der Waals surface area contributed by atoms with Crippen LogP contribution in [0, 0.1) is 12.7 Å². The van der Waals surface area contributed by atoms with Crippen molar-refractivity contribution in [3.63, 3.8) is 0 Å². The molecule has 5 nitrogen and oxygen atoms in total. The highest BCUT2D eigenvalue weighted by atomic mass is 32.2. The summed E-state index contributed by atoms with van der Waals surface area (Å²) in [5, 5.41) is 0. The fourth-order valence-electron chi connectivity index (χ4n) is 1.79. The second kappa shape index (κ2) is 5.74. The van der Waals surface area contributed by atoms with Gasteiger partial charge in [0.2, 0.25) is 10.0 Å². The average molecular weight is 298 g/mol. The van der Waals surface area contributed by atoms with Gasteiger partial charge in [-0.05, 0) is 24.6 Å². The van der Waals surface area contributed by atoms with Crippen molar-refractivity contribution in [1.82, 2.24) is 4.72 Å². The molecule has 7 heteroatoms. The van der Waals surface area contributed by atoms with Gasteiger partial charge in [-0.25, -0.2) is 17.5 Å². The SMILES string of the molecule is Cc1oc(CN)cc1S(=O)(=O)NCc1cccc(F)c1. The molecular weight excluding hydrogens is 283 g/mol. The number of sulfonamides is 1. The molecule has 108 valence electrons. The summed E-state index contributed by atoms with van der Waals surface area (Å²) in [7, 11) is -3.71. The van der Waals surface area contributed by atoms with Crippen molar-refractivity contribution in [2.45, 2.75) is 24.9 Å². The third-order valence-electron chi connectivity index (χ3n) is 2.77. The van der Waals surface area contributed by atoms with E-state index in [2.05, 4.69) is 4.72 Å². The molecule has 0 spiro atoms. The highest BCUT2D eigenvalue weighted by molar-refractivity contribution is 7.89. The average Bonchev–Trinajstić information content (AvgIpc) is 2.79. The van der Waals surface area contributed by atoms with Crippen LogP contribution in [0.25, 0.3) is 0 Å². The van der Waals surface area contributed by atoms with Gasteiger partial charge in [0.05, 0.1) is 6.54 Å². The zero-order valence-corrected chi connectivity index (χ0v) is 11.7. The molecule has 0 radical (unpaired) electrons. The third-order valence-corrected chi connectivity index (χ3v) is 4.28. The molecular formula is C13H15FN2O3S. The van der Waals surface area contributed by atoms with E-state index in [1.165, 1.54) is 24.3 Å². The number of benzene rings is 1. The molecule has 1 heterocycles. The highest BCUT2D eigenvalue weighted by Crippen LogP contribution is 2.19. The van der Waals surface area contributed by atoms with Gasteiger partial charge in [-0.15, -0.1) is 0 Å². The first-order chi connectivity index (χ1) is 9.42. The Kier molecular flexibility index (Phi) is 4.22. The molecule has 0 saturated heterocycles. The van der Waals surface area contributed by atoms with Gasteiger partial charge in [-0.1, -0.05) is 12.1 Å². The van der Waals surface area contributed by atoms with Crippen LogP contribution in [0.3, 0.4) is 0 Å². The van der Waals surface area contributed by atoms with E-state index in [4.69, 9.17) is 10.2 Å². The molecule has 0 amide bonds. The van der Waals surface area contributed by atoms with E-state index in [0.717, 1.165) is 0 Å². The van der Waals surface area contributed by atoms with E-state index in [1.807, 2.05) is 0 Å². The van der Waals surface area contributed by atoms with Crippen molar-refractivity contribution in [1.29, 1.82) is 0 Å². The molecule has 2 aromatic rings. The van der Waals surface area contributed by atoms with Crippen molar-refractivity contribution in [3.05, 3.63) is 53.2 Å². The van der Waals surface area contributed by atoms with Crippen LogP contribution in [0.2, 0.25) is 0 Å². The van der Waals surface area contributed by atoms with E-state index in [0.29, 0.717) is 11.3 Å². The first kappa shape index (κ1) is 14.7. The number of halogens is 1. The summed E-state index contributed by atoms with van der Waals surface area (Å²) in [5.74, 6) is 0.262. The van der Waals surface area contributed by atoms with Crippen LogP contribution in [-0.4, -0.2) is 8.42 Å². The fourth-order valence-corrected chi connectivity index (χ4v) is 3.01. The van der Waals surface area contributed by atoms with Crippen LogP contribution in [0.4, 0.5) is 4.39 Å². The van der Waals surface area contributed by atoms with Gasteiger partial charge in [0.25, 0.3) is 0 Å². The second-order valence-electron chi connectivity index (χ2n) is 4.29. The minimum absolute atomic E-state index is 0.00265. The van der Waals surface area contributed by atoms with Gasteiger partial charge in [0.15, 0.2) is 0 Å². The Labute approximate surface area is 116 Å². The maximum atomic E-state index is 13.0. The molecule has 1 aromatic heterocycles. The molecule has 0 saturated carbocycles. The molecule has 1 aromatic carbocycles. The molecule has 0 atom stereocenters. The fraction of sp³-hybridized carbons (Fsp3) is 0.231. The van der Waals surface area contributed by atoms with Gasteiger partial charge in [-0.2, -0.15) is 0 Å². The van der Waals surface area contributed by atoms with Crippen molar-refractivity contribution >= 4 is 10.0 Å². The lowest BCUT2D eigenvalue weighted by molar-refractivity contribution is 0.478. The first-order valence-corrected chi connectivity index (χ1v) is 7.44. The van der Waals surface area contributed by atoms with Crippen LogP contribution in [0.5, 0.6) is 0 Å². The quantitative estimate of drug-likeness (QED) is 0.879. The Morgan fingerprint density at radius 3 is 2.70 bits per heavy atom. The minimum Gasteiger partial charge on any atom is -0.464 e. The second-order valence-corrected chi connectivity index (χ2v) is 6.03. The lowest BCUT2D eigenvalue weighted by Crippen LogP contribution is -2.23. The standard InChI is InChI=1S/C13H15FN2O3S/c1-9-13(6-12(7-15)19-9)20(17,18)16-8-10-3-2-4-11(14)5-10/h2-6,16H,7-8,15H2,1H3. The summed E-state index contributed by atoms with van der Waals surface area (Å²) in [6, 6.07) is 7.12. The Morgan fingerprint density at radius 2 is 2.10 bits per heavy atom. The maximum Gasteiger partial charge on any atom is 0.244 e. The minimum atomic E-state index is -3.71. The van der Waals surface area contributed by atoms with E-state index in [1.54, 1.807) is 13.0 Å². The van der Waals surface area contributed by atoms with Gasteiger partial charge in [0.1, 0.15) is 22.2 Å². The highest BCUT2D eigenvalue weighted by Gasteiger charge is 2.20. The van der Waals surface area contributed by atoms with E-state index < -0.39 is 15.8 Å². The van der Waals surface area contributed by atoms with Crippen molar-refractivity contribution < 1.29 is 17.2 Å². The number of rotatable bonds is 5. The Bertz CT molecular complexity index is 710. The van der Waals surface area contributed by atoms with Crippen LogP contribution < -0.4 is 10.5 Å². The number of nitrogens with one attached hydrogen (secondary N) is 1. The lowest BCUT2D eigenvalue weighted by Gasteiger charge is -2.05. The maximum absolute atomic E-state index is 13.0. The van der Waals surface area contributed by atoms with Crippen LogP contribution in [-0.2, 0) is 23.1 Å². The Balaban J connectivity index is 2.17. The van der Waals surface area contributed by atoms with Gasteiger partial charge >= 0.3 is 0 Å². The predicted octanol–water partition coefficient (Wildman–Crippen LogP) is 1.66. The number of aryl methyl sites for hydroxylation is 1. The van der Waals surface area contributed by atoms with Crippen LogP contribution in [0.15, 0.2) is 39.6 Å². The van der Waals surface area contributed by atoms with Crippen LogP contribution >= 0.6 is 0 Å². The number of furan rings is 1. The molecule has 20 heavy (non-hydrogen) atoms. The van der Waals surface area contributed by atoms with Gasteiger partial charge in [0, 0.05) is 12.6 Å². The topological polar surface area (TPSA) is 85.3 Å². The summed E-state index contributed by atoms with van der Waals surface area (Å²) in [6.45, 7) is 1.68. The molecule has 0 unspecified atom stereocenters. The molecule has 0 bridgehead atoms. The molecule has 0 aliphatic carbocycles. The first-order valence-electron chi connectivity index (χ1n) is 5.96. The molecule has 0 fully saturated rings. The van der Waals surface area contributed by atoms with E-state index in [9.17, 15) is 12.8 Å². The number of hydrogen-bond acceptors (Lipinski definition) is 4. The largest absolute Gasteiger partial charge is 0.464 e.